The molecule has 1 aliphatic heterocycles. The summed E-state index contributed by atoms with van der Waals surface area (Å²) in [4.78, 5) is 11.8. The number of hydrogen-bond donors (Lipinski definition) is 2. The second kappa shape index (κ2) is 4.70. The zero-order valence-corrected chi connectivity index (χ0v) is 10.2. The molecule has 0 radical (unpaired) electrons. The Bertz CT molecular complexity index is 374. The molecule has 0 saturated carbocycles. The number of thiophene rings is 1. The van der Waals surface area contributed by atoms with Gasteiger partial charge in [-0.2, -0.15) is 0 Å². The molecular formula is C9H10Cl2N2OS. The van der Waals surface area contributed by atoms with Crippen molar-refractivity contribution in [2.45, 2.75) is 12.5 Å². The second-order valence-electron chi connectivity index (χ2n) is 3.40. The molecule has 1 aromatic rings. The minimum Gasteiger partial charge on any atom is -0.348 e. The number of halogens is 2. The van der Waals surface area contributed by atoms with E-state index in [4.69, 9.17) is 23.2 Å². The van der Waals surface area contributed by atoms with Gasteiger partial charge in [0.05, 0.1) is 9.90 Å². The molecule has 1 atom stereocenters. The number of rotatable bonds is 2. The molecule has 0 spiro atoms. The minimum absolute atomic E-state index is 0.142. The minimum atomic E-state index is -0.142. The molecule has 3 nitrogen and oxygen atoms in total. The smallest absolute Gasteiger partial charge is 0.253 e. The van der Waals surface area contributed by atoms with Crippen molar-refractivity contribution in [1.29, 1.82) is 0 Å². The van der Waals surface area contributed by atoms with Gasteiger partial charge < -0.3 is 10.6 Å². The van der Waals surface area contributed by atoms with E-state index in [1.165, 1.54) is 11.3 Å². The van der Waals surface area contributed by atoms with Crippen LogP contribution in [0.5, 0.6) is 0 Å². The van der Waals surface area contributed by atoms with Crippen LogP contribution in [0.4, 0.5) is 0 Å². The van der Waals surface area contributed by atoms with Gasteiger partial charge in [-0.15, -0.1) is 11.3 Å². The fourth-order valence-electron chi connectivity index (χ4n) is 1.54. The number of nitrogens with one attached hydrogen (secondary N) is 2. The van der Waals surface area contributed by atoms with Crippen LogP contribution in [-0.2, 0) is 0 Å². The lowest BCUT2D eigenvalue weighted by Gasteiger charge is -2.10. The SMILES string of the molecule is O=C(N[C@H]1CCNC1)c1cc(Cl)sc1Cl. The first-order valence-corrected chi connectivity index (χ1v) is 6.20. The first-order valence-electron chi connectivity index (χ1n) is 4.63. The van der Waals surface area contributed by atoms with E-state index in [-0.39, 0.29) is 11.9 Å². The Hall–Kier alpha value is -0.290. The van der Waals surface area contributed by atoms with Crippen molar-refractivity contribution >= 4 is 40.4 Å². The molecule has 1 fully saturated rings. The van der Waals surface area contributed by atoms with Crippen molar-refractivity contribution in [3.8, 4) is 0 Å². The lowest BCUT2D eigenvalue weighted by atomic mass is 10.2. The highest BCUT2D eigenvalue weighted by atomic mass is 35.5. The molecule has 1 aliphatic rings. The van der Waals surface area contributed by atoms with Crippen molar-refractivity contribution in [3.63, 3.8) is 0 Å². The largest absolute Gasteiger partial charge is 0.348 e. The summed E-state index contributed by atoms with van der Waals surface area (Å²) in [7, 11) is 0. The van der Waals surface area contributed by atoms with Gasteiger partial charge in [-0.25, -0.2) is 0 Å². The predicted octanol–water partition coefficient (Wildman–Crippen LogP) is 2.15. The summed E-state index contributed by atoms with van der Waals surface area (Å²) in [5.41, 5.74) is 0.471. The third-order valence-corrected chi connectivity index (χ3v) is 3.78. The van der Waals surface area contributed by atoms with Gasteiger partial charge in [0, 0.05) is 12.6 Å². The van der Waals surface area contributed by atoms with E-state index < -0.39 is 0 Å². The summed E-state index contributed by atoms with van der Waals surface area (Å²) < 4.78 is 0.984. The molecule has 2 N–H and O–H groups in total. The highest BCUT2D eigenvalue weighted by molar-refractivity contribution is 7.20. The van der Waals surface area contributed by atoms with Gasteiger partial charge in [0.25, 0.3) is 5.91 Å². The zero-order chi connectivity index (χ0) is 10.8. The first kappa shape index (κ1) is 11.2. The molecule has 0 unspecified atom stereocenters. The molecule has 1 saturated heterocycles. The Labute approximate surface area is 102 Å². The van der Waals surface area contributed by atoms with Crippen LogP contribution in [-0.4, -0.2) is 25.0 Å². The Morgan fingerprint density at radius 3 is 2.93 bits per heavy atom. The standard InChI is InChI=1S/C9H10Cl2N2OS/c10-7-3-6(8(11)15-7)9(14)13-5-1-2-12-4-5/h3,5,12H,1-2,4H2,(H,13,14)/t5-/m0/s1. The van der Waals surface area contributed by atoms with Crippen LogP contribution >= 0.6 is 34.5 Å². The molecule has 2 heterocycles. The third-order valence-electron chi connectivity index (χ3n) is 2.30. The fraction of sp³-hybridized carbons (Fsp3) is 0.444. The van der Waals surface area contributed by atoms with Crippen LogP contribution in [0.25, 0.3) is 0 Å². The Morgan fingerprint density at radius 1 is 1.60 bits per heavy atom. The van der Waals surface area contributed by atoms with E-state index in [1.54, 1.807) is 6.07 Å². The van der Waals surface area contributed by atoms with Crippen LogP contribution in [0.1, 0.15) is 16.8 Å². The molecule has 6 heteroatoms. The Morgan fingerprint density at radius 2 is 2.40 bits per heavy atom. The maximum absolute atomic E-state index is 11.8. The van der Waals surface area contributed by atoms with Crippen LogP contribution in [0.3, 0.4) is 0 Å². The highest BCUT2D eigenvalue weighted by Crippen LogP contribution is 2.31. The van der Waals surface area contributed by atoms with Crippen LogP contribution < -0.4 is 10.6 Å². The van der Waals surface area contributed by atoms with Crippen molar-refractivity contribution in [1.82, 2.24) is 10.6 Å². The average molecular weight is 265 g/mol. The van der Waals surface area contributed by atoms with Gasteiger partial charge in [0.1, 0.15) is 4.34 Å². The summed E-state index contributed by atoms with van der Waals surface area (Å²) in [6.45, 7) is 1.77. The summed E-state index contributed by atoms with van der Waals surface area (Å²) >= 11 is 12.9. The number of hydrogen-bond acceptors (Lipinski definition) is 3. The van der Waals surface area contributed by atoms with E-state index >= 15 is 0 Å². The summed E-state index contributed by atoms with van der Waals surface area (Å²) in [5.74, 6) is -0.142. The van der Waals surface area contributed by atoms with E-state index in [2.05, 4.69) is 10.6 Å². The molecule has 0 bridgehead atoms. The molecule has 1 amide bonds. The second-order valence-corrected chi connectivity index (χ2v) is 5.69. The molecule has 82 valence electrons. The highest BCUT2D eigenvalue weighted by Gasteiger charge is 2.20. The molecule has 1 aromatic heterocycles. The van der Waals surface area contributed by atoms with Gasteiger partial charge in [-0.1, -0.05) is 23.2 Å². The molecule has 15 heavy (non-hydrogen) atoms. The van der Waals surface area contributed by atoms with Crippen LogP contribution in [0.2, 0.25) is 8.67 Å². The maximum Gasteiger partial charge on any atom is 0.253 e. The molecule has 0 aliphatic carbocycles. The van der Waals surface area contributed by atoms with Gasteiger partial charge in [-0.05, 0) is 19.0 Å². The fourth-order valence-corrected chi connectivity index (χ4v) is 2.99. The number of carbonyl (C=O) groups is 1. The Balaban J connectivity index is 2.03. The van der Waals surface area contributed by atoms with E-state index in [0.29, 0.717) is 14.2 Å². The van der Waals surface area contributed by atoms with Crippen molar-refractivity contribution in [3.05, 3.63) is 20.3 Å². The van der Waals surface area contributed by atoms with E-state index in [9.17, 15) is 4.79 Å². The van der Waals surface area contributed by atoms with Gasteiger partial charge >= 0.3 is 0 Å². The normalized spacial score (nSPS) is 20.5. The quantitative estimate of drug-likeness (QED) is 0.860. The van der Waals surface area contributed by atoms with Crippen molar-refractivity contribution in [2.75, 3.05) is 13.1 Å². The monoisotopic (exact) mass is 264 g/mol. The van der Waals surface area contributed by atoms with Gasteiger partial charge in [0.15, 0.2) is 0 Å². The maximum atomic E-state index is 11.8. The Kier molecular flexibility index (Phi) is 3.51. The van der Waals surface area contributed by atoms with Gasteiger partial charge in [-0.3, -0.25) is 4.79 Å². The molecule has 0 aromatic carbocycles. The first-order chi connectivity index (χ1) is 7.16. The molecular weight excluding hydrogens is 255 g/mol. The van der Waals surface area contributed by atoms with Crippen LogP contribution in [0.15, 0.2) is 6.07 Å². The molecule has 2 rings (SSSR count). The lowest BCUT2D eigenvalue weighted by Crippen LogP contribution is -2.36. The van der Waals surface area contributed by atoms with E-state index in [1.807, 2.05) is 0 Å². The number of carbonyl (C=O) groups excluding carboxylic acids is 1. The zero-order valence-electron chi connectivity index (χ0n) is 7.85. The lowest BCUT2D eigenvalue weighted by molar-refractivity contribution is 0.0940. The predicted molar refractivity (Wildman–Crippen MR) is 63.1 cm³/mol. The van der Waals surface area contributed by atoms with Crippen LogP contribution in [0, 0.1) is 0 Å². The summed E-state index contributed by atoms with van der Waals surface area (Å²) in [5, 5.41) is 6.09. The van der Waals surface area contributed by atoms with E-state index in [0.717, 1.165) is 19.5 Å². The average Bonchev–Trinajstić information content (AvgIpc) is 2.75. The van der Waals surface area contributed by atoms with Gasteiger partial charge in [0.2, 0.25) is 0 Å². The third kappa shape index (κ3) is 2.64. The van der Waals surface area contributed by atoms with Crippen molar-refractivity contribution < 1.29 is 4.79 Å². The summed E-state index contributed by atoms with van der Waals surface area (Å²) in [6, 6.07) is 1.80. The van der Waals surface area contributed by atoms with Crippen molar-refractivity contribution in [2.24, 2.45) is 0 Å². The number of amides is 1. The summed E-state index contributed by atoms with van der Waals surface area (Å²) in [6.07, 6.45) is 0.960. The topological polar surface area (TPSA) is 41.1 Å².